The summed E-state index contributed by atoms with van der Waals surface area (Å²) in [6.45, 7) is 0. The maximum Gasteiger partial charge on any atom is 0.328 e. The van der Waals surface area contributed by atoms with Gasteiger partial charge in [0.1, 0.15) is 0 Å². The number of allylic oxidation sites excluding steroid dienone is 2. The van der Waals surface area contributed by atoms with Gasteiger partial charge in [0.2, 0.25) is 0 Å². The molecule has 0 saturated carbocycles. The van der Waals surface area contributed by atoms with E-state index >= 15 is 0 Å². The first kappa shape index (κ1) is 8.52. The predicted octanol–water partition coefficient (Wildman–Crippen LogP) is 0.313. The molecule has 0 fully saturated rings. The molecule has 3 N–H and O–H groups in total. The summed E-state index contributed by atoms with van der Waals surface area (Å²) < 4.78 is 0. The minimum Gasteiger partial charge on any atom is -0.480 e. The summed E-state index contributed by atoms with van der Waals surface area (Å²) in [5.41, 5.74) is 6.06. The lowest BCUT2D eigenvalue weighted by molar-refractivity contribution is -0.138. The molecule has 4 nitrogen and oxygen atoms in total. The van der Waals surface area contributed by atoms with Crippen molar-refractivity contribution in [3.63, 3.8) is 0 Å². The van der Waals surface area contributed by atoms with E-state index in [2.05, 4.69) is 4.99 Å². The highest BCUT2D eigenvalue weighted by Crippen LogP contribution is 2.13. The number of hydrogen-bond donors (Lipinski definition) is 2. The van der Waals surface area contributed by atoms with Gasteiger partial charge in [0.05, 0.1) is 0 Å². The first-order valence-electron chi connectivity index (χ1n) is 3.57. The lowest BCUT2D eigenvalue weighted by atomic mass is 10.0. The molecule has 0 saturated heterocycles. The number of carbonyl (C=O) groups is 1. The Morgan fingerprint density at radius 2 is 2.58 bits per heavy atom. The van der Waals surface area contributed by atoms with Crippen LogP contribution in [0, 0.1) is 0 Å². The van der Waals surface area contributed by atoms with E-state index in [0.717, 1.165) is 5.57 Å². The van der Waals surface area contributed by atoms with Gasteiger partial charge in [-0.05, 0) is 23.9 Å². The molecule has 0 amide bonds. The van der Waals surface area contributed by atoms with Crippen molar-refractivity contribution in [2.45, 2.75) is 12.5 Å². The molecule has 12 heavy (non-hydrogen) atoms. The molecule has 64 valence electrons. The smallest absolute Gasteiger partial charge is 0.328 e. The molecular formula is C8H10N2O2. The van der Waals surface area contributed by atoms with Crippen LogP contribution < -0.4 is 5.73 Å². The van der Waals surface area contributed by atoms with Crippen molar-refractivity contribution in [1.82, 2.24) is 0 Å². The molecule has 0 aliphatic carbocycles. The third kappa shape index (κ3) is 1.95. The van der Waals surface area contributed by atoms with E-state index in [0.29, 0.717) is 6.42 Å². The van der Waals surface area contributed by atoms with E-state index < -0.39 is 12.0 Å². The second-order valence-electron chi connectivity index (χ2n) is 2.46. The fourth-order valence-electron chi connectivity index (χ4n) is 0.985. The molecule has 1 aliphatic heterocycles. The Morgan fingerprint density at radius 3 is 3.17 bits per heavy atom. The van der Waals surface area contributed by atoms with E-state index in [1.807, 2.05) is 0 Å². The SMILES string of the molecule is N/C=C/C1=CC=NC(C(=O)O)C1. The molecule has 0 aromatic heterocycles. The van der Waals surface area contributed by atoms with Crippen molar-refractivity contribution in [2.75, 3.05) is 0 Å². The lowest BCUT2D eigenvalue weighted by Crippen LogP contribution is -2.20. The Morgan fingerprint density at radius 1 is 1.83 bits per heavy atom. The van der Waals surface area contributed by atoms with Crippen molar-refractivity contribution < 1.29 is 9.90 Å². The fraction of sp³-hybridized carbons (Fsp3) is 0.250. The number of hydrogen-bond acceptors (Lipinski definition) is 3. The van der Waals surface area contributed by atoms with Gasteiger partial charge < -0.3 is 10.8 Å². The molecule has 4 heteroatoms. The first-order chi connectivity index (χ1) is 5.74. The van der Waals surface area contributed by atoms with Crippen LogP contribution in [0.3, 0.4) is 0 Å². The van der Waals surface area contributed by atoms with Crippen LogP contribution in [-0.4, -0.2) is 23.3 Å². The predicted molar refractivity (Wildman–Crippen MR) is 45.9 cm³/mol. The number of aliphatic imine (C=N–C) groups is 1. The minimum atomic E-state index is -0.901. The maximum absolute atomic E-state index is 10.5. The quantitative estimate of drug-likeness (QED) is 0.620. The van der Waals surface area contributed by atoms with Crippen LogP contribution in [0.2, 0.25) is 0 Å². The first-order valence-corrected chi connectivity index (χ1v) is 3.57. The second-order valence-corrected chi connectivity index (χ2v) is 2.46. The van der Waals surface area contributed by atoms with Gasteiger partial charge in [0, 0.05) is 12.6 Å². The topological polar surface area (TPSA) is 75.7 Å². The van der Waals surface area contributed by atoms with E-state index in [-0.39, 0.29) is 0 Å². The zero-order valence-electron chi connectivity index (χ0n) is 6.47. The van der Waals surface area contributed by atoms with Gasteiger partial charge in [-0.1, -0.05) is 0 Å². The van der Waals surface area contributed by atoms with Crippen LogP contribution in [0.1, 0.15) is 6.42 Å². The van der Waals surface area contributed by atoms with Crippen LogP contribution in [0.5, 0.6) is 0 Å². The van der Waals surface area contributed by atoms with Gasteiger partial charge in [0.25, 0.3) is 0 Å². The number of carboxylic acid groups (broad SMARTS) is 1. The zero-order valence-corrected chi connectivity index (χ0v) is 6.47. The normalized spacial score (nSPS) is 22.7. The Bertz CT molecular complexity index is 266. The number of carboxylic acids is 1. The van der Waals surface area contributed by atoms with Gasteiger partial charge in [0.15, 0.2) is 6.04 Å². The summed E-state index contributed by atoms with van der Waals surface area (Å²) in [5, 5.41) is 8.63. The molecule has 1 atom stereocenters. The third-order valence-corrected chi connectivity index (χ3v) is 1.58. The largest absolute Gasteiger partial charge is 0.480 e. The Hall–Kier alpha value is -1.58. The van der Waals surface area contributed by atoms with Crippen molar-refractivity contribution in [3.8, 4) is 0 Å². The number of aliphatic carboxylic acids is 1. The molecule has 1 rings (SSSR count). The van der Waals surface area contributed by atoms with Gasteiger partial charge in [-0.25, -0.2) is 4.79 Å². The summed E-state index contributed by atoms with van der Waals surface area (Å²) in [4.78, 5) is 14.3. The lowest BCUT2D eigenvalue weighted by Gasteiger charge is -2.10. The molecule has 1 heterocycles. The second kappa shape index (κ2) is 3.71. The van der Waals surface area contributed by atoms with Gasteiger partial charge in [-0.3, -0.25) is 4.99 Å². The minimum absolute atomic E-state index is 0.416. The van der Waals surface area contributed by atoms with E-state index in [1.54, 1.807) is 12.2 Å². The molecule has 0 aromatic carbocycles. The fourth-order valence-corrected chi connectivity index (χ4v) is 0.985. The Kier molecular flexibility index (Phi) is 2.63. The molecule has 1 aliphatic rings. The highest BCUT2D eigenvalue weighted by atomic mass is 16.4. The average Bonchev–Trinajstić information content (AvgIpc) is 2.05. The summed E-state index contributed by atoms with van der Waals surface area (Å²) in [7, 11) is 0. The van der Waals surface area contributed by atoms with Gasteiger partial charge >= 0.3 is 5.97 Å². The van der Waals surface area contributed by atoms with Crippen LogP contribution >= 0.6 is 0 Å². The number of rotatable bonds is 2. The van der Waals surface area contributed by atoms with Crippen LogP contribution in [-0.2, 0) is 4.79 Å². The number of nitrogens with zero attached hydrogens (tertiary/aromatic N) is 1. The third-order valence-electron chi connectivity index (χ3n) is 1.58. The van der Waals surface area contributed by atoms with Crippen LogP contribution in [0.25, 0.3) is 0 Å². The molecule has 0 spiro atoms. The number of nitrogens with two attached hydrogens (primary N) is 1. The van der Waals surface area contributed by atoms with E-state index in [9.17, 15) is 4.79 Å². The highest BCUT2D eigenvalue weighted by molar-refractivity contribution is 5.82. The van der Waals surface area contributed by atoms with Gasteiger partial charge in [-0.2, -0.15) is 0 Å². The monoisotopic (exact) mass is 166 g/mol. The summed E-state index contributed by atoms with van der Waals surface area (Å²) in [6, 6.07) is -0.652. The standard InChI is InChI=1S/C8H10N2O2/c9-3-1-6-2-4-10-7(5-6)8(11)12/h1-4,7H,5,9H2,(H,11,12)/b3-1+. The average molecular weight is 166 g/mol. The van der Waals surface area contributed by atoms with E-state index in [1.165, 1.54) is 12.4 Å². The molecular weight excluding hydrogens is 156 g/mol. The maximum atomic E-state index is 10.5. The summed E-state index contributed by atoms with van der Waals surface area (Å²) >= 11 is 0. The van der Waals surface area contributed by atoms with Crippen LogP contribution in [0.4, 0.5) is 0 Å². The van der Waals surface area contributed by atoms with Crippen molar-refractivity contribution in [2.24, 2.45) is 10.7 Å². The molecule has 0 radical (unpaired) electrons. The highest BCUT2D eigenvalue weighted by Gasteiger charge is 2.17. The van der Waals surface area contributed by atoms with E-state index in [4.69, 9.17) is 10.8 Å². The molecule has 0 bridgehead atoms. The van der Waals surface area contributed by atoms with Crippen LogP contribution in [0.15, 0.2) is 28.9 Å². The van der Waals surface area contributed by atoms with Crippen molar-refractivity contribution in [1.29, 1.82) is 0 Å². The summed E-state index contributed by atoms with van der Waals surface area (Å²) in [6.07, 6.45) is 6.74. The van der Waals surface area contributed by atoms with Crippen molar-refractivity contribution >= 4 is 12.2 Å². The summed E-state index contributed by atoms with van der Waals surface area (Å²) in [5.74, 6) is -0.901. The van der Waals surface area contributed by atoms with Crippen molar-refractivity contribution in [3.05, 3.63) is 23.9 Å². The Labute approximate surface area is 70.1 Å². The Balaban J connectivity index is 2.67. The van der Waals surface area contributed by atoms with Gasteiger partial charge in [-0.15, -0.1) is 0 Å². The number of dihydropyridines is 1. The molecule has 1 unspecified atom stereocenters. The zero-order chi connectivity index (χ0) is 8.97. The molecule has 0 aromatic rings.